The van der Waals surface area contributed by atoms with Gasteiger partial charge in [-0.25, -0.2) is 0 Å². The summed E-state index contributed by atoms with van der Waals surface area (Å²) in [6.45, 7) is 10.7. The average Bonchev–Trinajstić information content (AvgIpc) is 2.41. The van der Waals surface area contributed by atoms with E-state index >= 15 is 0 Å². The van der Waals surface area contributed by atoms with Crippen LogP contribution in [0.4, 0.5) is 0 Å². The molecular formula is C19H21Cl. The molecule has 0 fully saturated rings. The SMILES string of the molecule is C=C[C@H](c1ccc(Cl)cc1)c1ccc(C(C)(C)C)cc1. The van der Waals surface area contributed by atoms with Gasteiger partial charge in [0.1, 0.15) is 0 Å². The van der Waals surface area contributed by atoms with Crippen molar-refractivity contribution in [2.24, 2.45) is 0 Å². The summed E-state index contributed by atoms with van der Waals surface area (Å²) in [4.78, 5) is 0. The molecule has 2 rings (SSSR count). The summed E-state index contributed by atoms with van der Waals surface area (Å²) >= 11 is 5.95. The molecule has 0 spiro atoms. The number of hydrogen-bond acceptors (Lipinski definition) is 0. The van der Waals surface area contributed by atoms with Crippen LogP contribution in [0.1, 0.15) is 43.4 Å². The molecule has 0 saturated heterocycles. The van der Waals surface area contributed by atoms with Gasteiger partial charge in [-0.2, -0.15) is 0 Å². The number of rotatable bonds is 3. The van der Waals surface area contributed by atoms with Crippen molar-refractivity contribution in [3.05, 3.63) is 82.9 Å². The molecule has 20 heavy (non-hydrogen) atoms. The van der Waals surface area contributed by atoms with Gasteiger partial charge in [0, 0.05) is 10.9 Å². The van der Waals surface area contributed by atoms with E-state index in [2.05, 4.69) is 63.7 Å². The predicted octanol–water partition coefficient (Wildman–Crippen LogP) is 5.96. The van der Waals surface area contributed by atoms with Crippen molar-refractivity contribution in [2.45, 2.75) is 32.1 Å². The first-order valence-electron chi connectivity index (χ1n) is 6.90. The van der Waals surface area contributed by atoms with Crippen molar-refractivity contribution in [3.8, 4) is 0 Å². The molecule has 1 atom stereocenters. The van der Waals surface area contributed by atoms with Crippen LogP contribution >= 0.6 is 11.6 Å². The van der Waals surface area contributed by atoms with Crippen molar-refractivity contribution < 1.29 is 0 Å². The third-order valence-corrected chi connectivity index (χ3v) is 3.85. The van der Waals surface area contributed by atoms with Gasteiger partial charge in [0.25, 0.3) is 0 Å². The number of hydrogen-bond donors (Lipinski definition) is 0. The molecule has 0 bridgehead atoms. The molecule has 0 unspecified atom stereocenters. The summed E-state index contributed by atoms with van der Waals surface area (Å²) in [5, 5.41) is 0.764. The Bertz CT molecular complexity index is 571. The van der Waals surface area contributed by atoms with Crippen LogP contribution in [-0.4, -0.2) is 0 Å². The Balaban J connectivity index is 2.33. The zero-order chi connectivity index (χ0) is 14.8. The minimum Gasteiger partial charge on any atom is -0.102 e. The molecular weight excluding hydrogens is 264 g/mol. The van der Waals surface area contributed by atoms with E-state index in [1.54, 1.807) is 0 Å². The van der Waals surface area contributed by atoms with Crippen LogP contribution in [-0.2, 0) is 5.41 Å². The molecule has 2 aromatic carbocycles. The summed E-state index contributed by atoms with van der Waals surface area (Å²) in [5.41, 5.74) is 4.01. The molecule has 104 valence electrons. The van der Waals surface area contributed by atoms with Crippen molar-refractivity contribution in [3.63, 3.8) is 0 Å². The normalized spacial score (nSPS) is 13.0. The summed E-state index contributed by atoms with van der Waals surface area (Å²) < 4.78 is 0. The highest BCUT2D eigenvalue weighted by atomic mass is 35.5. The molecule has 2 aromatic rings. The Kier molecular flexibility index (Phi) is 4.35. The highest BCUT2D eigenvalue weighted by molar-refractivity contribution is 6.30. The van der Waals surface area contributed by atoms with Crippen molar-refractivity contribution >= 4 is 11.6 Å². The van der Waals surface area contributed by atoms with E-state index in [1.165, 1.54) is 16.7 Å². The van der Waals surface area contributed by atoms with E-state index in [4.69, 9.17) is 11.6 Å². The van der Waals surface area contributed by atoms with E-state index in [1.807, 2.05) is 18.2 Å². The Morgan fingerprint density at radius 1 is 0.900 bits per heavy atom. The molecule has 1 heteroatoms. The van der Waals surface area contributed by atoms with Gasteiger partial charge in [0.15, 0.2) is 0 Å². The fourth-order valence-electron chi connectivity index (χ4n) is 2.33. The Morgan fingerprint density at radius 3 is 1.75 bits per heavy atom. The lowest BCUT2D eigenvalue weighted by atomic mass is 9.84. The van der Waals surface area contributed by atoms with Crippen LogP contribution in [0.15, 0.2) is 61.2 Å². The first-order valence-corrected chi connectivity index (χ1v) is 7.28. The van der Waals surface area contributed by atoms with E-state index in [9.17, 15) is 0 Å². The molecule has 0 aromatic heterocycles. The van der Waals surface area contributed by atoms with Crippen LogP contribution in [0.5, 0.6) is 0 Å². The Morgan fingerprint density at radius 2 is 1.35 bits per heavy atom. The third-order valence-electron chi connectivity index (χ3n) is 3.60. The third kappa shape index (κ3) is 3.32. The summed E-state index contributed by atoms with van der Waals surface area (Å²) in [7, 11) is 0. The monoisotopic (exact) mass is 284 g/mol. The number of halogens is 1. The number of benzene rings is 2. The van der Waals surface area contributed by atoms with Gasteiger partial charge in [-0.05, 0) is 34.2 Å². The second-order valence-corrected chi connectivity index (χ2v) is 6.57. The van der Waals surface area contributed by atoms with Crippen LogP contribution in [0, 0.1) is 0 Å². The molecule has 0 saturated carbocycles. The van der Waals surface area contributed by atoms with E-state index < -0.39 is 0 Å². The lowest BCUT2D eigenvalue weighted by molar-refractivity contribution is 0.590. The van der Waals surface area contributed by atoms with Gasteiger partial charge < -0.3 is 0 Å². The summed E-state index contributed by atoms with van der Waals surface area (Å²) in [6.07, 6.45) is 1.98. The van der Waals surface area contributed by atoms with Crippen LogP contribution in [0.2, 0.25) is 5.02 Å². The highest BCUT2D eigenvalue weighted by Gasteiger charge is 2.15. The van der Waals surface area contributed by atoms with Crippen LogP contribution in [0.25, 0.3) is 0 Å². The second kappa shape index (κ2) is 5.85. The molecule has 0 aliphatic heterocycles. The van der Waals surface area contributed by atoms with E-state index in [0.717, 1.165) is 5.02 Å². The lowest BCUT2D eigenvalue weighted by Crippen LogP contribution is -2.11. The zero-order valence-electron chi connectivity index (χ0n) is 12.4. The smallest absolute Gasteiger partial charge is 0.0406 e. The first kappa shape index (κ1) is 14.9. The molecule has 0 amide bonds. The van der Waals surface area contributed by atoms with Crippen LogP contribution in [0.3, 0.4) is 0 Å². The molecule has 0 aliphatic carbocycles. The molecule has 0 heterocycles. The van der Waals surface area contributed by atoms with Crippen molar-refractivity contribution in [1.29, 1.82) is 0 Å². The maximum absolute atomic E-state index is 5.95. The lowest BCUT2D eigenvalue weighted by Gasteiger charge is -2.20. The molecule has 0 nitrogen and oxygen atoms in total. The highest BCUT2D eigenvalue weighted by Crippen LogP contribution is 2.29. The zero-order valence-corrected chi connectivity index (χ0v) is 13.1. The van der Waals surface area contributed by atoms with E-state index in [-0.39, 0.29) is 11.3 Å². The Hall–Kier alpha value is -1.53. The summed E-state index contributed by atoms with van der Waals surface area (Å²) in [6, 6.07) is 16.8. The van der Waals surface area contributed by atoms with Crippen LogP contribution < -0.4 is 0 Å². The fraction of sp³-hybridized carbons (Fsp3) is 0.263. The average molecular weight is 285 g/mol. The van der Waals surface area contributed by atoms with Gasteiger partial charge in [0.2, 0.25) is 0 Å². The van der Waals surface area contributed by atoms with Gasteiger partial charge in [-0.3, -0.25) is 0 Å². The molecule has 0 aliphatic rings. The fourth-order valence-corrected chi connectivity index (χ4v) is 2.45. The molecule has 0 N–H and O–H groups in total. The minimum absolute atomic E-state index is 0.183. The van der Waals surface area contributed by atoms with Gasteiger partial charge in [0.05, 0.1) is 0 Å². The topological polar surface area (TPSA) is 0 Å². The maximum Gasteiger partial charge on any atom is 0.0406 e. The quantitative estimate of drug-likeness (QED) is 0.611. The maximum atomic E-state index is 5.95. The van der Waals surface area contributed by atoms with Gasteiger partial charge in [-0.1, -0.05) is 74.8 Å². The van der Waals surface area contributed by atoms with Gasteiger partial charge >= 0.3 is 0 Å². The predicted molar refractivity (Wildman–Crippen MR) is 88.6 cm³/mol. The molecule has 0 radical (unpaired) electrons. The summed E-state index contributed by atoms with van der Waals surface area (Å²) in [5.74, 6) is 0.210. The van der Waals surface area contributed by atoms with Gasteiger partial charge in [-0.15, -0.1) is 6.58 Å². The second-order valence-electron chi connectivity index (χ2n) is 6.14. The standard InChI is InChI=1S/C19H21Cl/c1-5-18(15-8-12-17(20)13-9-15)14-6-10-16(11-7-14)19(2,3)4/h5-13,18H,1H2,2-4H3/t18-/m0/s1. The van der Waals surface area contributed by atoms with Crippen molar-refractivity contribution in [2.75, 3.05) is 0 Å². The largest absolute Gasteiger partial charge is 0.102 e. The number of allylic oxidation sites excluding steroid dienone is 1. The Labute approximate surface area is 127 Å². The minimum atomic E-state index is 0.183. The van der Waals surface area contributed by atoms with E-state index in [0.29, 0.717) is 0 Å². The first-order chi connectivity index (χ1) is 9.41. The van der Waals surface area contributed by atoms with Crippen molar-refractivity contribution in [1.82, 2.24) is 0 Å².